The van der Waals surface area contributed by atoms with E-state index < -0.39 is 0 Å². The third kappa shape index (κ3) is 19.5. The van der Waals surface area contributed by atoms with Gasteiger partial charge < -0.3 is 40.2 Å². The Morgan fingerprint density at radius 3 is 0.960 bits per heavy atom. The highest BCUT2D eigenvalue weighted by atomic mass is 32.1. The van der Waals surface area contributed by atoms with Gasteiger partial charge in [-0.25, -0.2) is 19.9 Å². The number of ether oxygens (including phenoxy) is 4. The van der Waals surface area contributed by atoms with E-state index in [1.807, 2.05) is 150 Å². The summed E-state index contributed by atoms with van der Waals surface area (Å²) in [6, 6.07) is 23.5. The van der Waals surface area contributed by atoms with Crippen molar-refractivity contribution in [3.63, 3.8) is 0 Å². The quantitative estimate of drug-likeness (QED) is 0.0265. The summed E-state index contributed by atoms with van der Waals surface area (Å²) in [7, 11) is 1.85. The van der Waals surface area contributed by atoms with Crippen LogP contribution >= 0.6 is 45.3 Å². The maximum Gasteiger partial charge on any atom is 0.275 e. The van der Waals surface area contributed by atoms with Crippen molar-refractivity contribution in [1.82, 2.24) is 119 Å². The second kappa shape index (κ2) is 38.7. The minimum absolute atomic E-state index is 0.235. The molecule has 0 atom stereocenters. The van der Waals surface area contributed by atoms with Gasteiger partial charge in [0.15, 0.2) is 0 Å². The number of carbonyl (C=O) groups is 4. The molecule has 0 unspecified atom stereocenters. The van der Waals surface area contributed by atoms with Crippen LogP contribution < -0.4 is 21.3 Å². The molecular formula is C84H84N28O8S4. The lowest BCUT2D eigenvalue weighted by atomic mass is 9.89. The monoisotopic (exact) mass is 1740 g/mol. The van der Waals surface area contributed by atoms with Crippen molar-refractivity contribution < 1.29 is 38.1 Å². The Labute approximate surface area is 724 Å². The number of nitrogens with zero attached hydrogens (tertiary/aromatic N) is 21. The zero-order chi connectivity index (χ0) is 84.8. The van der Waals surface area contributed by atoms with Gasteiger partial charge in [-0.05, 0) is 121 Å². The third-order valence-corrected chi connectivity index (χ3v) is 24.4. The van der Waals surface area contributed by atoms with E-state index in [-0.39, 0.29) is 66.1 Å². The molecule has 0 radical (unpaired) electrons. The predicted molar refractivity (Wildman–Crippen MR) is 467 cm³/mol. The van der Waals surface area contributed by atoms with E-state index in [9.17, 15) is 19.2 Å². The summed E-state index contributed by atoms with van der Waals surface area (Å²) in [6.07, 6.45) is 36.3. The predicted octanol–water partition coefficient (Wildman–Crippen LogP) is 14.8. The van der Waals surface area contributed by atoms with Gasteiger partial charge in [0, 0.05) is 158 Å². The van der Waals surface area contributed by atoms with Crippen molar-refractivity contribution in [3.05, 3.63) is 216 Å². The maximum atomic E-state index is 13.0. The fraction of sp³-hybridized carbons (Fsp3) is 0.286. The summed E-state index contributed by atoms with van der Waals surface area (Å²) in [5.41, 5.74) is 12.7. The van der Waals surface area contributed by atoms with Gasteiger partial charge in [0.1, 0.15) is 65.6 Å². The molecule has 40 heteroatoms. The van der Waals surface area contributed by atoms with E-state index in [2.05, 4.69) is 96.8 Å². The first-order valence-corrected chi connectivity index (χ1v) is 43.8. The highest BCUT2D eigenvalue weighted by molar-refractivity contribution is 7.14. The number of hydrogen-bond donors (Lipinski definition) is 7. The number of amides is 4. The fourth-order valence-corrected chi connectivity index (χ4v) is 17.3. The van der Waals surface area contributed by atoms with Crippen LogP contribution in [0.25, 0.3) is 87.8 Å². The standard InChI is InChI=1S/C22H23N7O2S.2C21H21N7O2S.C20H19N7O2S/c1-3-31-16-8-15(9-16)29-12-18(20(27-29)17-6-4-5-7-23-17)25-21(30)19-13-32-22(26-19)14-10-24-28(2)11-14;2*1-2-30-15-7-14(8-15)28-11-17(19(27-28)16-5-3-4-6-22-16)25-20(29)18-12-31-21(26-18)13-9-23-24-10-13;28-19(17-12-30-20(25-17)13-9-22-23-10-13)24-16-11-27(14-4-7-29-8-5-14)26-18(16)15-3-1-2-6-21-15/h4-7,10-13,15-16H,3,8-9H2,1-2H3,(H,25,30);2*3-6,9-12,14-15H,2,7-8H2,1H3,(H,23,24)(H,25,29);1-3,6,9-12,14H,4-5,7-8H2,(H,22,23)(H,24,28). The molecule has 3 aliphatic carbocycles. The number of aromatic amines is 3. The van der Waals surface area contributed by atoms with Crippen LogP contribution in [0.15, 0.2) is 193 Å². The van der Waals surface area contributed by atoms with Crippen molar-refractivity contribution in [1.29, 1.82) is 0 Å². The van der Waals surface area contributed by atoms with Gasteiger partial charge in [0.25, 0.3) is 23.6 Å². The van der Waals surface area contributed by atoms with Crippen molar-refractivity contribution in [2.75, 3.05) is 54.3 Å². The lowest BCUT2D eigenvalue weighted by Crippen LogP contribution is -2.33. The number of nitrogens with one attached hydrogen (secondary N) is 7. The molecule has 3 saturated carbocycles. The fourth-order valence-electron chi connectivity index (χ4n) is 14.2. The molecule has 4 amide bonds. The molecule has 0 bridgehead atoms. The van der Waals surface area contributed by atoms with Gasteiger partial charge in [-0.15, -0.1) is 45.3 Å². The normalized spacial score (nSPS) is 17.1. The van der Waals surface area contributed by atoms with Crippen molar-refractivity contribution in [2.45, 2.75) is 115 Å². The molecule has 0 spiro atoms. The Hall–Kier alpha value is -13.5. The van der Waals surface area contributed by atoms with Crippen LogP contribution in [0.4, 0.5) is 22.7 Å². The van der Waals surface area contributed by atoms with Gasteiger partial charge in [0.05, 0.1) is 113 Å². The first-order valence-electron chi connectivity index (χ1n) is 40.3. The number of carbonyl (C=O) groups excluding carboxylic acids is 4. The van der Waals surface area contributed by atoms with Crippen LogP contribution in [0.2, 0.25) is 0 Å². The van der Waals surface area contributed by atoms with Gasteiger partial charge in [0.2, 0.25) is 0 Å². The summed E-state index contributed by atoms with van der Waals surface area (Å²) >= 11 is 5.60. The van der Waals surface area contributed by atoms with Crippen molar-refractivity contribution >= 4 is 91.7 Å². The SMILES string of the molecule is CCOC1CC(n2cc(NC(=O)c3csc(-c4cn[nH]c4)n3)c(-c3ccccn3)n2)C1.CCOC1CC(n2cc(NC(=O)c3csc(-c4cn[nH]c4)n3)c(-c3ccccn3)n2)C1.CCOC1CC(n2cc(NC(=O)c3csc(-c4cnn(C)c4)n3)c(-c3ccccn3)n2)C1.O=C(Nc1cn(C2CCOCC2)nc1-c1ccccn1)c1csc(-c2cn[nH]c2)n1. The van der Waals surface area contributed by atoms with E-state index >= 15 is 0 Å². The average Bonchev–Trinajstić information content (AvgIpc) is 1.63. The van der Waals surface area contributed by atoms with Crippen LogP contribution in [0.5, 0.6) is 0 Å². The Morgan fingerprint density at radius 1 is 0.403 bits per heavy atom. The Kier molecular flexibility index (Phi) is 25.9. The molecule has 1 saturated heterocycles. The zero-order valence-corrected chi connectivity index (χ0v) is 70.8. The maximum absolute atomic E-state index is 13.0. The molecule has 632 valence electrons. The number of hydrogen-bond acceptors (Lipinski definition) is 28. The second-order valence-electron chi connectivity index (χ2n) is 29.1. The molecule has 20 rings (SSSR count). The minimum atomic E-state index is -0.288. The number of aryl methyl sites for hydroxylation is 1. The third-order valence-electron chi connectivity index (χ3n) is 20.8. The van der Waals surface area contributed by atoms with Crippen molar-refractivity contribution in [2.24, 2.45) is 7.05 Å². The number of rotatable bonds is 26. The molecule has 1 aliphatic heterocycles. The van der Waals surface area contributed by atoms with Crippen molar-refractivity contribution in [3.8, 4) is 87.8 Å². The lowest BCUT2D eigenvalue weighted by Gasteiger charge is -2.34. The van der Waals surface area contributed by atoms with Crippen LogP contribution in [0.3, 0.4) is 0 Å². The van der Waals surface area contributed by atoms with E-state index in [1.165, 1.54) is 45.3 Å². The number of pyridine rings is 4. The summed E-state index contributed by atoms with van der Waals surface area (Å²) in [5.74, 6) is -1.15. The number of H-pyrrole nitrogens is 3. The Bertz CT molecular complexity index is 5990. The van der Waals surface area contributed by atoms with E-state index in [1.54, 1.807) is 94.4 Å². The summed E-state index contributed by atoms with van der Waals surface area (Å²) in [5, 5.41) is 65.0. The number of anilines is 4. The zero-order valence-electron chi connectivity index (χ0n) is 67.5. The van der Waals surface area contributed by atoms with Gasteiger partial charge in [-0.1, -0.05) is 24.3 Å². The molecular weight excluding hydrogens is 1660 g/mol. The molecule has 16 aromatic rings. The van der Waals surface area contributed by atoms with Crippen LogP contribution in [0, 0.1) is 0 Å². The number of thiazole rings is 4. The number of aromatic nitrogens is 24. The average molecular weight is 1740 g/mol. The van der Waals surface area contributed by atoms with E-state index in [0.29, 0.717) is 124 Å². The molecule has 124 heavy (non-hydrogen) atoms. The summed E-state index contributed by atoms with van der Waals surface area (Å²) in [6.45, 7) is 9.57. The first kappa shape index (κ1) is 82.8. The topological polar surface area (TPSA) is 432 Å². The highest BCUT2D eigenvalue weighted by Gasteiger charge is 2.36. The smallest absolute Gasteiger partial charge is 0.275 e. The van der Waals surface area contributed by atoms with E-state index in [0.717, 1.165) is 93.7 Å². The van der Waals surface area contributed by atoms with Gasteiger partial charge >= 0.3 is 0 Å². The highest BCUT2D eigenvalue weighted by Crippen LogP contribution is 2.42. The van der Waals surface area contributed by atoms with E-state index in [4.69, 9.17) is 39.3 Å². The largest absolute Gasteiger partial charge is 0.381 e. The molecule has 17 heterocycles. The van der Waals surface area contributed by atoms with Crippen LogP contribution in [-0.2, 0) is 26.0 Å². The Morgan fingerprint density at radius 2 is 0.702 bits per heavy atom. The lowest BCUT2D eigenvalue weighted by molar-refractivity contribution is -0.0228. The molecule has 7 N–H and O–H groups in total. The van der Waals surface area contributed by atoms with Gasteiger partial charge in [-0.2, -0.15) is 40.8 Å². The first-order chi connectivity index (χ1) is 60.8. The molecule has 0 aromatic carbocycles. The minimum Gasteiger partial charge on any atom is -0.381 e. The molecule has 16 aromatic heterocycles. The second-order valence-corrected chi connectivity index (χ2v) is 32.6. The molecule has 36 nitrogen and oxygen atoms in total. The Balaban J connectivity index is 0.000000117. The summed E-state index contributed by atoms with van der Waals surface area (Å²) < 4.78 is 31.8. The van der Waals surface area contributed by atoms with Gasteiger partial charge in [-0.3, -0.25) is 77.8 Å². The summed E-state index contributed by atoms with van der Waals surface area (Å²) in [4.78, 5) is 87.2. The van der Waals surface area contributed by atoms with Crippen LogP contribution in [-0.4, -0.2) is 194 Å². The molecule has 4 aliphatic rings. The molecule has 4 fully saturated rings. The van der Waals surface area contributed by atoms with Crippen LogP contribution in [0.1, 0.15) is 138 Å².